The molecule has 2 aliphatic rings. The number of carbonyl (C=O) groups is 1. The van der Waals surface area contributed by atoms with Gasteiger partial charge in [0, 0.05) is 18.8 Å². The summed E-state index contributed by atoms with van der Waals surface area (Å²) in [4.78, 5) is 10.4. The quantitative estimate of drug-likeness (QED) is 0.791. The highest BCUT2D eigenvalue weighted by molar-refractivity contribution is 7.99. The molecule has 1 spiro atoms. The number of rotatable bonds is 3. The van der Waals surface area contributed by atoms with Crippen LogP contribution in [0.5, 0.6) is 0 Å². The van der Waals surface area contributed by atoms with Crippen molar-refractivity contribution in [2.24, 2.45) is 0 Å². The number of ether oxygens (including phenoxy) is 2. The van der Waals surface area contributed by atoms with E-state index in [2.05, 4.69) is 0 Å². The van der Waals surface area contributed by atoms with Crippen molar-refractivity contribution in [1.29, 1.82) is 0 Å². The zero-order chi connectivity index (χ0) is 10.7. The summed E-state index contributed by atoms with van der Waals surface area (Å²) >= 11 is 1.91. The molecular formula is C10H16O4S. The maximum absolute atomic E-state index is 10.4. The summed E-state index contributed by atoms with van der Waals surface area (Å²) in [5.41, 5.74) is -0.0217. The molecule has 2 heterocycles. The highest BCUT2D eigenvalue weighted by Gasteiger charge is 2.40. The van der Waals surface area contributed by atoms with Crippen molar-refractivity contribution in [1.82, 2.24) is 0 Å². The fourth-order valence-electron chi connectivity index (χ4n) is 2.18. The van der Waals surface area contributed by atoms with E-state index in [4.69, 9.17) is 14.6 Å². The van der Waals surface area contributed by atoms with Crippen LogP contribution in [0.15, 0.2) is 0 Å². The van der Waals surface area contributed by atoms with Gasteiger partial charge in [0.05, 0.1) is 11.7 Å². The van der Waals surface area contributed by atoms with Gasteiger partial charge in [-0.15, -0.1) is 0 Å². The number of hydrogen-bond donors (Lipinski definition) is 1. The largest absolute Gasteiger partial charge is 0.480 e. The highest BCUT2D eigenvalue weighted by Crippen LogP contribution is 2.38. The summed E-state index contributed by atoms with van der Waals surface area (Å²) < 4.78 is 11.2. The molecule has 2 atom stereocenters. The van der Waals surface area contributed by atoms with E-state index >= 15 is 0 Å². The number of carboxylic acids is 1. The van der Waals surface area contributed by atoms with Gasteiger partial charge in [0.2, 0.25) is 0 Å². The average Bonchev–Trinajstić information content (AvgIpc) is 2.63. The number of thioether (sulfide) groups is 1. The Morgan fingerprint density at radius 1 is 1.67 bits per heavy atom. The average molecular weight is 232 g/mol. The highest BCUT2D eigenvalue weighted by atomic mass is 32.2. The van der Waals surface area contributed by atoms with Gasteiger partial charge in [0.15, 0.2) is 0 Å². The summed E-state index contributed by atoms with van der Waals surface area (Å²) in [7, 11) is 0. The van der Waals surface area contributed by atoms with Crippen LogP contribution in [0, 0.1) is 0 Å². The summed E-state index contributed by atoms with van der Waals surface area (Å²) in [5.74, 6) is 1.28. The molecule has 0 amide bonds. The molecule has 2 aliphatic heterocycles. The molecule has 2 fully saturated rings. The van der Waals surface area contributed by atoms with E-state index in [0.29, 0.717) is 6.61 Å². The normalized spacial score (nSPS) is 35.9. The molecule has 86 valence electrons. The van der Waals surface area contributed by atoms with Crippen LogP contribution in [0.2, 0.25) is 0 Å². The third kappa shape index (κ3) is 2.86. The topological polar surface area (TPSA) is 55.8 Å². The van der Waals surface area contributed by atoms with Gasteiger partial charge in [0.1, 0.15) is 6.61 Å². The van der Waals surface area contributed by atoms with Gasteiger partial charge in [-0.2, -0.15) is 11.8 Å². The minimum absolute atomic E-state index is 0.0217. The second-order valence-electron chi connectivity index (χ2n) is 4.15. The van der Waals surface area contributed by atoms with Crippen LogP contribution in [-0.4, -0.2) is 47.5 Å². The predicted molar refractivity (Wildman–Crippen MR) is 57.2 cm³/mol. The Bertz CT molecular complexity index is 238. The van der Waals surface area contributed by atoms with Crippen molar-refractivity contribution < 1.29 is 19.4 Å². The zero-order valence-corrected chi connectivity index (χ0v) is 9.42. The molecule has 0 aromatic rings. The Morgan fingerprint density at radius 2 is 2.53 bits per heavy atom. The second kappa shape index (κ2) is 4.72. The molecule has 0 saturated carbocycles. The predicted octanol–water partition coefficient (Wildman–Crippen LogP) is 1.14. The van der Waals surface area contributed by atoms with Crippen LogP contribution in [0.4, 0.5) is 0 Å². The molecule has 0 aliphatic carbocycles. The first-order valence-electron chi connectivity index (χ1n) is 5.25. The fourth-order valence-corrected chi connectivity index (χ4v) is 3.56. The van der Waals surface area contributed by atoms with Gasteiger partial charge >= 0.3 is 5.97 Å². The SMILES string of the molecule is O=C(O)COC1CCOC2(CCSC2)C1. The maximum Gasteiger partial charge on any atom is 0.329 e. The van der Waals surface area contributed by atoms with E-state index in [1.807, 2.05) is 11.8 Å². The molecular weight excluding hydrogens is 216 g/mol. The zero-order valence-electron chi connectivity index (χ0n) is 8.61. The Morgan fingerprint density at radius 3 is 3.20 bits per heavy atom. The van der Waals surface area contributed by atoms with Crippen molar-refractivity contribution >= 4 is 17.7 Å². The van der Waals surface area contributed by atoms with Crippen molar-refractivity contribution in [3.05, 3.63) is 0 Å². The van der Waals surface area contributed by atoms with E-state index in [9.17, 15) is 4.79 Å². The lowest BCUT2D eigenvalue weighted by Crippen LogP contribution is -2.43. The smallest absolute Gasteiger partial charge is 0.329 e. The molecule has 2 saturated heterocycles. The van der Waals surface area contributed by atoms with Gasteiger partial charge in [-0.05, 0) is 18.6 Å². The van der Waals surface area contributed by atoms with Crippen molar-refractivity contribution in [2.45, 2.75) is 31.0 Å². The molecule has 0 radical (unpaired) electrons. The number of aliphatic carboxylic acids is 1. The van der Waals surface area contributed by atoms with Crippen molar-refractivity contribution in [3.8, 4) is 0 Å². The van der Waals surface area contributed by atoms with E-state index in [1.165, 1.54) is 0 Å². The van der Waals surface area contributed by atoms with Crippen molar-refractivity contribution in [3.63, 3.8) is 0 Å². The summed E-state index contributed by atoms with van der Waals surface area (Å²) in [5, 5.41) is 8.54. The molecule has 4 nitrogen and oxygen atoms in total. The molecule has 0 bridgehead atoms. The first-order chi connectivity index (χ1) is 7.20. The third-order valence-electron chi connectivity index (χ3n) is 2.96. The van der Waals surface area contributed by atoms with Crippen LogP contribution in [0.25, 0.3) is 0 Å². The summed E-state index contributed by atoms with van der Waals surface area (Å²) in [6.45, 7) is 0.513. The molecule has 0 aromatic heterocycles. The van der Waals surface area contributed by atoms with Gasteiger partial charge in [-0.25, -0.2) is 4.79 Å². The lowest BCUT2D eigenvalue weighted by Gasteiger charge is -2.37. The second-order valence-corrected chi connectivity index (χ2v) is 5.26. The van der Waals surface area contributed by atoms with E-state index in [1.54, 1.807) is 0 Å². The summed E-state index contributed by atoms with van der Waals surface area (Å²) in [6, 6.07) is 0. The van der Waals surface area contributed by atoms with Gasteiger partial charge < -0.3 is 14.6 Å². The first-order valence-corrected chi connectivity index (χ1v) is 6.41. The van der Waals surface area contributed by atoms with Gasteiger partial charge in [0.25, 0.3) is 0 Å². The Kier molecular flexibility index (Phi) is 3.53. The molecule has 1 N–H and O–H groups in total. The Labute approximate surface area is 93.3 Å². The standard InChI is InChI=1S/C10H16O4S/c11-9(12)6-13-8-1-3-14-10(5-8)2-4-15-7-10/h8H,1-7H2,(H,11,12). The van der Waals surface area contributed by atoms with Crippen LogP contribution in [0.3, 0.4) is 0 Å². The molecule has 2 rings (SSSR count). The minimum Gasteiger partial charge on any atom is -0.480 e. The molecule has 15 heavy (non-hydrogen) atoms. The van der Waals surface area contributed by atoms with Crippen LogP contribution in [0.1, 0.15) is 19.3 Å². The van der Waals surface area contributed by atoms with Gasteiger partial charge in [-0.3, -0.25) is 0 Å². The van der Waals surface area contributed by atoms with Crippen molar-refractivity contribution in [2.75, 3.05) is 24.7 Å². The molecule has 0 aromatic carbocycles. The fraction of sp³-hybridized carbons (Fsp3) is 0.900. The lowest BCUT2D eigenvalue weighted by atomic mass is 9.91. The monoisotopic (exact) mass is 232 g/mol. The first kappa shape index (κ1) is 11.2. The minimum atomic E-state index is -0.892. The number of hydrogen-bond acceptors (Lipinski definition) is 4. The molecule has 2 unspecified atom stereocenters. The maximum atomic E-state index is 10.4. The Hall–Kier alpha value is -0.260. The number of carboxylic acid groups (broad SMARTS) is 1. The van der Waals surface area contributed by atoms with Crippen LogP contribution < -0.4 is 0 Å². The van der Waals surface area contributed by atoms with E-state index in [-0.39, 0.29) is 18.3 Å². The van der Waals surface area contributed by atoms with E-state index in [0.717, 1.165) is 30.8 Å². The molecule has 5 heteroatoms. The Balaban J connectivity index is 1.84. The van der Waals surface area contributed by atoms with Crippen LogP contribution >= 0.6 is 11.8 Å². The van der Waals surface area contributed by atoms with Crippen LogP contribution in [-0.2, 0) is 14.3 Å². The van der Waals surface area contributed by atoms with E-state index < -0.39 is 5.97 Å². The van der Waals surface area contributed by atoms with Gasteiger partial charge in [-0.1, -0.05) is 0 Å². The third-order valence-corrected chi connectivity index (χ3v) is 4.18. The summed E-state index contributed by atoms with van der Waals surface area (Å²) in [6.07, 6.45) is 2.81. The lowest BCUT2D eigenvalue weighted by molar-refractivity contribution is -0.153.